The van der Waals surface area contributed by atoms with E-state index in [4.69, 9.17) is 0 Å². The summed E-state index contributed by atoms with van der Waals surface area (Å²) in [5.41, 5.74) is 2.66. The molecule has 2 aromatic carbocycles. The van der Waals surface area contributed by atoms with Crippen LogP contribution in [0.5, 0.6) is 0 Å². The maximum absolute atomic E-state index is 2.22. The summed E-state index contributed by atoms with van der Waals surface area (Å²) in [5, 5.41) is 0. The van der Waals surface area contributed by atoms with Crippen LogP contribution in [0.25, 0.3) is 0 Å². The van der Waals surface area contributed by atoms with E-state index in [0.29, 0.717) is 0 Å². The van der Waals surface area contributed by atoms with Gasteiger partial charge in [-0.05, 0) is 19.8 Å². The van der Waals surface area contributed by atoms with Crippen LogP contribution in [0.2, 0.25) is 0 Å². The van der Waals surface area contributed by atoms with Gasteiger partial charge in [0.05, 0.1) is 0 Å². The highest BCUT2D eigenvalue weighted by Gasteiger charge is 1.80. The first-order valence-corrected chi connectivity index (χ1v) is 7.09. The molecule has 2 aromatic rings. The monoisotopic (exact) mass is 256 g/mol. The topological polar surface area (TPSA) is 0 Å². The molecule has 0 aliphatic carbocycles. The molecule has 0 aliphatic heterocycles. The zero-order valence-electron chi connectivity index (χ0n) is 13.1. The molecule has 0 atom stereocenters. The van der Waals surface area contributed by atoms with Gasteiger partial charge in [0.1, 0.15) is 0 Å². The first-order chi connectivity index (χ1) is 9.06. The Morgan fingerprint density at radius 2 is 0.895 bits per heavy atom. The average Bonchev–Trinajstić information content (AvgIpc) is 2.45. The molecule has 0 saturated carbocycles. The first kappa shape index (κ1) is 17.4. The van der Waals surface area contributed by atoms with E-state index in [9.17, 15) is 0 Å². The van der Waals surface area contributed by atoms with Crippen molar-refractivity contribution in [2.24, 2.45) is 5.92 Å². The van der Waals surface area contributed by atoms with Crippen LogP contribution in [-0.2, 0) is 0 Å². The van der Waals surface area contributed by atoms with Crippen molar-refractivity contribution in [3.8, 4) is 0 Å². The fourth-order valence-corrected chi connectivity index (χ4v) is 1.02. The van der Waals surface area contributed by atoms with E-state index in [1.807, 2.05) is 36.4 Å². The Morgan fingerprint density at radius 1 is 0.684 bits per heavy atom. The lowest BCUT2D eigenvalue weighted by Crippen LogP contribution is -1.77. The van der Waals surface area contributed by atoms with E-state index < -0.39 is 0 Å². The molecule has 0 unspecified atom stereocenters. The molecule has 0 heteroatoms. The van der Waals surface area contributed by atoms with Gasteiger partial charge in [0, 0.05) is 0 Å². The third kappa shape index (κ3) is 12.7. The Balaban J connectivity index is 0.000000265. The van der Waals surface area contributed by atoms with Crippen LogP contribution < -0.4 is 0 Å². The Labute approximate surface area is 119 Å². The molecule has 0 aliphatic rings. The standard InChI is InChI=1S/C8H10.C6H6.C5H12/c1-7-3-5-8(2)6-4-7;1-2-4-6-5-3-1;1-4-5(2)3/h3-6H,1-2H3;1-6H;5H,4H2,1-3H3. The van der Waals surface area contributed by atoms with Crippen LogP contribution in [-0.4, -0.2) is 0 Å². The van der Waals surface area contributed by atoms with E-state index in [0.717, 1.165) is 5.92 Å². The minimum atomic E-state index is 0.884. The van der Waals surface area contributed by atoms with E-state index in [1.165, 1.54) is 17.5 Å². The molecule has 0 nitrogen and oxygen atoms in total. The highest BCUT2D eigenvalue weighted by atomic mass is 13.9. The summed E-state index contributed by atoms with van der Waals surface area (Å²) >= 11 is 0. The maximum atomic E-state index is 2.22. The molecule has 104 valence electrons. The number of rotatable bonds is 1. The molecule has 0 fully saturated rings. The van der Waals surface area contributed by atoms with E-state index in [1.54, 1.807) is 0 Å². The summed E-state index contributed by atoms with van der Waals surface area (Å²) in [4.78, 5) is 0. The largest absolute Gasteiger partial charge is 0.0651 e. The second-order valence-electron chi connectivity index (χ2n) is 5.11. The van der Waals surface area contributed by atoms with Crippen LogP contribution in [0.4, 0.5) is 0 Å². The average molecular weight is 256 g/mol. The summed E-state index contributed by atoms with van der Waals surface area (Å²) < 4.78 is 0. The lowest BCUT2D eigenvalue weighted by atomic mass is 10.2. The van der Waals surface area contributed by atoms with Crippen LogP contribution in [0.3, 0.4) is 0 Å². The summed E-state index contributed by atoms with van der Waals surface area (Å²) in [5.74, 6) is 0.884. The van der Waals surface area contributed by atoms with Crippen LogP contribution >= 0.6 is 0 Å². The highest BCUT2D eigenvalue weighted by Crippen LogP contribution is 1.99. The molecular formula is C19H28. The number of benzene rings is 2. The third-order valence-corrected chi connectivity index (χ3v) is 2.70. The molecule has 19 heavy (non-hydrogen) atoms. The van der Waals surface area contributed by atoms with Crippen LogP contribution in [0, 0.1) is 19.8 Å². The zero-order chi connectivity index (χ0) is 14.5. The van der Waals surface area contributed by atoms with Crippen molar-refractivity contribution in [2.75, 3.05) is 0 Å². The van der Waals surface area contributed by atoms with E-state index in [2.05, 4.69) is 58.9 Å². The lowest BCUT2D eigenvalue weighted by molar-refractivity contribution is 0.626. The second kappa shape index (κ2) is 11.5. The second-order valence-corrected chi connectivity index (χ2v) is 5.11. The van der Waals surface area contributed by atoms with E-state index in [-0.39, 0.29) is 0 Å². The number of hydrogen-bond acceptors (Lipinski definition) is 0. The van der Waals surface area contributed by atoms with Crippen molar-refractivity contribution in [3.05, 3.63) is 71.8 Å². The summed E-state index contributed by atoms with van der Waals surface area (Å²) in [6, 6.07) is 20.5. The van der Waals surface area contributed by atoms with Gasteiger partial charge in [0.15, 0.2) is 0 Å². The molecular weight excluding hydrogens is 228 g/mol. The predicted molar refractivity (Wildman–Crippen MR) is 87.5 cm³/mol. The Morgan fingerprint density at radius 3 is 1.05 bits per heavy atom. The van der Waals surface area contributed by atoms with Crippen LogP contribution in [0.1, 0.15) is 38.3 Å². The highest BCUT2D eigenvalue weighted by molar-refractivity contribution is 5.19. The Hall–Kier alpha value is -1.56. The lowest BCUT2D eigenvalue weighted by Gasteiger charge is -1.90. The molecule has 0 N–H and O–H groups in total. The first-order valence-electron chi connectivity index (χ1n) is 7.09. The molecule has 0 aromatic heterocycles. The quantitative estimate of drug-likeness (QED) is 0.583. The van der Waals surface area contributed by atoms with Gasteiger partial charge in [0.2, 0.25) is 0 Å². The van der Waals surface area contributed by atoms with Gasteiger partial charge in [0.25, 0.3) is 0 Å². The summed E-state index contributed by atoms with van der Waals surface area (Å²) in [6.07, 6.45) is 1.31. The zero-order valence-corrected chi connectivity index (χ0v) is 13.1. The molecule has 0 radical (unpaired) electrons. The Bertz CT molecular complexity index is 336. The molecule has 0 heterocycles. The van der Waals surface area contributed by atoms with E-state index >= 15 is 0 Å². The minimum Gasteiger partial charge on any atom is -0.0651 e. The van der Waals surface area contributed by atoms with Gasteiger partial charge in [-0.2, -0.15) is 0 Å². The molecule has 0 spiro atoms. The SMILES string of the molecule is CCC(C)C.Cc1ccc(C)cc1.c1ccccc1. The van der Waals surface area contributed by atoms with Gasteiger partial charge < -0.3 is 0 Å². The maximum Gasteiger partial charge on any atom is -0.0398 e. The third-order valence-electron chi connectivity index (χ3n) is 2.70. The van der Waals surface area contributed by atoms with Gasteiger partial charge >= 0.3 is 0 Å². The van der Waals surface area contributed by atoms with Gasteiger partial charge in [-0.3, -0.25) is 0 Å². The van der Waals surface area contributed by atoms with Gasteiger partial charge in [-0.1, -0.05) is 99.0 Å². The fourth-order valence-electron chi connectivity index (χ4n) is 1.02. The van der Waals surface area contributed by atoms with Crippen molar-refractivity contribution in [3.63, 3.8) is 0 Å². The summed E-state index contributed by atoms with van der Waals surface area (Å²) in [7, 11) is 0. The van der Waals surface area contributed by atoms with Crippen molar-refractivity contribution < 1.29 is 0 Å². The van der Waals surface area contributed by atoms with Crippen molar-refractivity contribution >= 4 is 0 Å². The number of hydrogen-bond donors (Lipinski definition) is 0. The predicted octanol–water partition coefficient (Wildman–Crippen LogP) is 6.04. The molecule has 2 rings (SSSR count). The molecule has 0 saturated heterocycles. The minimum absolute atomic E-state index is 0.884. The van der Waals surface area contributed by atoms with Crippen molar-refractivity contribution in [1.29, 1.82) is 0 Å². The fraction of sp³-hybridized carbons (Fsp3) is 0.368. The smallest absolute Gasteiger partial charge is 0.0398 e. The molecule has 0 bridgehead atoms. The van der Waals surface area contributed by atoms with Crippen molar-refractivity contribution in [1.82, 2.24) is 0 Å². The van der Waals surface area contributed by atoms with Crippen molar-refractivity contribution in [2.45, 2.75) is 41.0 Å². The summed E-state index contributed by atoms with van der Waals surface area (Å²) in [6.45, 7) is 10.8. The molecule has 0 amide bonds. The Kier molecular flexibility index (Phi) is 10.6. The number of aryl methyl sites for hydroxylation is 2. The normalized spacial score (nSPS) is 8.95. The van der Waals surface area contributed by atoms with Gasteiger partial charge in [-0.25, -0.2) is 0 Å². The van der Waals surface area contributed by atoms with Gasteiger partial charge in [-0.15, -0.1) is 0 Å². The van der Waals surface area contributed by atoms with Crippen LogP contribution in [0.15, 0.2) is 60.7 Å².